The van der Waals surface area contributed by atoms with Crippen LogP contribution in [0.25, 0.3) is 10.2 Å². The van der Waals surface area contributed by atoms with E-state index in [1.54, 1.807) is 35.2 Å². The minimum atomic E-state index is -0.575. The first-order valence-corrected chi connectivity index (χ1v) is 14.0. The van der Waals surface area contributed by atoms with Crippen LogP contribution in [-0.4, -0.2) is 34.6 Å². The Bertz CT molecular complexity index is 1340. The lowest BCUT2D eigenvalue weighted by atomic mass is 10.0. The normalized spacial score (nSPS) is 19.2. The minimum Gasteiger partial charge on any atom is -0.445 e. The highest BCUT2D eigenvalue weighted by molar-refractivity contribution is 8.01. The number of para-hydroxylation sites is 1. The Morgan fingerprint density at radius 3 is 2.61 bits per heavy atom. The number of ether oxygens (including phenoxy) is 3. The third-order valence-corrected chi connectivity index (χ3v) is 8.35. The van der Waals surface area contributed by atoms with Gasteiger partial charge in [0.15, 0.2) is 10.6 Å². The molecule has 9 heteroatoms. The number of thiazole rings is 1. The van der Waals surface area contributed by atoms with E-state index in [9.17, 15) is 9.90 Å². The molecule has 7 nitrogen and oxygen atoms in total. The Morgan fingerprint density at radius 1 is 1.11 bits per heavy atom. The molecule has 1 aliphatic rings. The molecule has 0 saturated carbocycles. The van der Waals surface area contributed by atoms with E-state index in [-0.39, 0.29) is 25.4 Å². The van der Waals surface area contributed by atoms with Crippen molar-refractivity contribution in [2.24, 2.45) is 0 Å². The van der Waals surface area contributed by atoms with E-state index in [4.69, 9.17) is 19.2 Å². The van der Waals surface area contributed by atoms with Crippen LogP contribution in [0.1, 0.15) is 35.5 Å². The molecule has 1 aromatic heterocycles. The first-order valence-electron chi connectivity index (χ1n) is 12.2. The Balaban J connectivity index is 1.31. The summed E-state index contributed by atoms with van der Waals surface area (Å²) in [6, 6.07) is 23.3. The van der Waals surface area contributed by atoms with Crippen LogP contribution in [0.15, 0.2) is 89.8 Å². The van der Waals surface area contributed by atoms with Crippen molar-refractivity contribution in [1.82, 2.24) is 4.98 Å². The van der Waals surface area contributed by atoms with E-state index < -0.39 is 12.4 Å². The number of aromatic nitrogens is 1. The molecule has 2 heterocycles. The summed E-state index contributed by atoms with van der Waals surface area (Å²) in [5.74, 6) is 0.736. The smallest absolute Gasteiger partial charge is 0.411 e. The number of hydrogen-bond acceptors (Lipinski definition) is 8. The number of nitrogens with one attached hydrogen (secondary N) is 1. The fraction of sp³-hybridized carbons (Fsp3) is 0.241. The average Bonchev–Trinajstić information content (AvgIpc) is 3.38. The van der Waals surface area contributed by atoms with Gasteiger partial charge >= 0.3 is 6.09 Å². The Kier molecular flexibility index (Phi) is 8.72. The van der Waals surface area contributed by atoms with Crippen LogP contribution in [-0.2, 0) is 20.8 Å². The fourth-order valence-electron chi connectivity index (χ4n) is 4.11. The predicted molar refractivity (Wildman–Crippen MR) is 150 cm³/mol. The number of benzene rings is 3. The average molecular weight is 549 g/mol. The monoisotopic (exact) mass is 548 g/mol. The van der Waals surface area contributed by atoms with Crippen LogP contribution in [0.2, 0.25) is 0 Å². The van der Waals surface area contributed by atoms with Crippen molar-refractivity contribution in [3.8, 4) is 0 Å². The molecule has 1 aliphatic heterocycles. The quantitative estimate of drug-likeness (QED) is 0.174. The van der Waals surface area contributed by atoms with E-state index in [0.29, 0.717) is 12.1 Å². The summed E-state index contributed by atoms with van der Waals surface area (Å²) in [5.41, 5.74) is 4.36. The van der Waals surface area contributed by atoms with Crippen LogP contribution >= 0.6 is 23.1 Å². The molecule has 0 bridgehead atoms. The van der Waals surface area contributed by atoms with Crippen molar-refractivity contribution >= 4 is 45.1 Å². The molecule has 4 aromatic rings. The van der Waals surface area contributed by atoms with Crippen LogP contribution in [0.5, 0.6) is 0 Å². The third kappa shape index (κ3) is 6.61. The molecule has 0 spiro atoms. The van der Waals surface area contributed by atoms with Crippen molar-refractivity contribution in [3.63, 3.8) is 0 Å². The second kappa shape index (κ2) is 12.6. The van der Waals surface area contributed by atoms with Gasteiger partial charge in [-0.05, 0) is 35.4 Å². The van der Waals surface area contributed by atoms with E-state index in [1.165, 1.54) is 10.8 Å². The second-order valence-corrected chi connectivity index (χ2v) is 11.0. The Hall–Kier alpha value is -3.21. The minimum absolute atomic E-state index is 0.000485. The summed E-state index contributed by atoms with van der Waals surface area (Å²) in [6.45, 7) is 3.68. The van der Waals surface area contributed by atoms with Gasteiger partial charge in [-0.3, -0.25) is 5.32 Å². The Morgan fingerprint density at radius 2 is 1.87 bits per heavy atom. The lowest BCUT2D eigenvalue weighted by molar-refractivity contribution is -0.245. The summed E-state index contributed by atoms with van der Waals surface area (Å²) in [5, 5.41) is 12.1. The van der Waals surface area contributed by atoms with Gasteiger partial charge in [0.1, 0.15) is 6.61 Å². The zero-order valence-corrected chi connectivity index (χ0v) is 22.3. The molecule has 38 heavy (non-hydrogen) atoms. The molecule has 1 amide bonds. The van der Waals surface area contributed by atoms with Gasteiger partial charge in [0.25, 0.3) is 0 Å². The highest BCUT2D eigenvalue weighted by Gasteiger charge is 2.32. The number of fused-ring (bicyclic) bond motifs is 1. The molecule has 1 fully saturated rings. The van der Waals surface area contributed by atoms with E-state index in [1.807, 2.05) is 54.6 Å². The van der Waals surface area contributed by atoms with Crippen molar-refractivity contribution in [2.75, 3.05) is 17.7 Å². The van der Waals surface area contributed by atoms with Crippen LogP contribution in [0.3, 0.4) is 0 Å². The molecular formula is C29H28N2O5S2. The maximum atomic E-state index is 11.8. The second-order valence-electron chi connectivity index (χ2n) is 8.74. The van der Waals surface area contributed by atoms with Gasteiger partial charge in [-0.2, -0.15) is 0 Å². The van der Waals surface area contributed by atoms with Crippen LogP contribution < -0.4 is 5.32 Å². The van der Waals surface area contributed by atoms with Gasteiger partial charge < -0.3 is 19.3 Å². The van der Waals surface area contributed by atoms with Crippen LogP contribution in [0.4, 0.5) is 10.5 Å². The van der Waals surface area contributed by atoms with Crippen LogP contribution in [0, 0.1) is 0 Å². The van der Waals surface area contributed by atoms with Crippen molar-refractivity contribution in [1.29, 1.82) is 0 Å². The SMILES string of the molecule is C=CCOC(=O)Nc1ccc(C2OC(CSc3nc4ccccc4s3)CC(c3ccc(CO)cc3)O2)cc1. The van der Waals surface area contributed by atoms with E-state index in [2.05, 4.69) is 18.0 Å². The summed E-state index contributed by atoms with van der Waals surface area (Å²) in [7, 11) is 0. The largest absolute Gasteiger partial charge is 0.445 e. The topological polar surface area (TPSA) is 89.9 Å². The zero-order chi connectivity index (χ0) is 26.3. The zero-order valence-electron chi connectivity index (χ0n) is 20.6. The van der Waals surface area contributed by atoms with Gasteiger partial charge in [-0.25, -0.2) is 9.78 Å². The molecule has 1 saturated heterocycles. The molecule has 3 aromatic carbocycles. The molecular weight excluding hydrogens is 520 g/mol. The van der Waals surface area contributed by atoms with Gasteiger partial charge in [0.2, 0.25) is 0 Å². The highest BCUT2D eigenvalue weighted by Crippen LogP contribution is 2.40. The fourth-order valence-corrected chi connectivity index (χ4v) is 6.22. The number of anilines is 1. The number of carbonyl (C=O) groups excluding carboxylic acids is 1. The number of amides is 1. The van der Waals surface area contributed by atoms with E-state index >= 15 is 0 Å². The molecule has 2 N–H and O–H groups in total. The maximum Gasteiger partial charge on any atom is 0.411 e. The first kappa shape index (κ1) is 26.4. The lowest BCUT2D eigenvalue weighted by Gasteiger charge is -2.36. The summed E-state index contributed by atoms with van der Waals surface area (Å²) >= 11 is 3.38. The maximum absolute atomic E-state index is 11.8. The number of aliphatic hydroxyl groups is 1. The van der Waals surface area contributed by atoms with Gasteiger partial charge in [-0.15, -0.1) is 11.3 Å². The van der Waals surface area contributed by atoms with Crippen molar-refractivity contribution in [2.45, 2.75) is 35.9 Å². The number of nitrogens with zero attached hydrogens (tertiary/aromatic N) is 1. The molecule has 3 unspecified atom stereocenters. The van der Waals surface area contributed by atoms with Gasteiger partial charge in [0, 0.05) is 23.4 Å². The van der Waals surface area contributed by atoms with E-state index in [0.717, 1.165) is 32.3 Å². The molecule has 196 valence electrons. The molecule has 5 rings (SSSR count). The molecule has 3 atom stereocenters. The van der Waals surface area contributed by atoms with Crippen molar-refractivity contribution < 1.29 is 24.1 Å². The molecule has 0 aliphatic carbocycles. The highest BCUT2D eigenvalue weighted by atomic mass is 32.2. The number of thioether (sulfide) groups is 1. The number of carbonyl (C=O) groups is 1. The summed E-state index contributed by atoms with van der Waals surface area (Å²) in [6.07, 6.45) is 0.853. The predicted octanol–water partition coefficient (Wildman–Crippen LogP) is 6.86. The molecule has 0 radical (unpaired) electrons. The standard InChI is InChI=1S/C29H28N2O5S2/c1-2-15-34-28(33)30-22-13-11-21(12-14-22)27-35-23(16-25(36-27)20-9-7-19(17-32)8-10-20)18-37-29-31-24-5-3-4-6-26(24)38-29/h2-14,23,25,27,32H,1,15-18H2,(H,30,33). The summed E-state index contributed by atoms with van der Waals surface area (Å²) < 4.78 is 20.0. The third-order valence-electron chi connectivity index (χ3n) is 6.04. The Labute approximate surface area is 229 Å². The lowest BCUT2D eigenvalue weighted by Crippen LogP contribution is -2.31. The number of hydrogen-bond donors (Lipinski definition) is 2. The first-order chi connectivity index (χ1) is 18.6. The summed E-state index contributed by atoms with van der Waals surface area (Å²) in [4.78, 5) is 16.6. The van der Waals surface area contributed by atoms with Gasteiger partial charge in [-0.1, -0.05) is 72.9 Å². The van der Waals surface area contributed by atoms with Crippen molar-refractivity contribution in [3.05, 3.63) is 102 Å². The number of rotatable bonds is 9. The van der Waals surface area contributed by atoms with Gasteiger partial charge in [0.05, 0.1) is 29.0 Å². The number of aliphatic hydroxyl groups excluding tert-OH is 1.